The number of aliphatic carboxylic acids is 1. The second-order valence-electron chi connectivity index (χ2n) is 5.33. The van der Waals surface area contributed by atoms with Gasteiger partial charge in [-0.1, -0.05) is 25.5 Å². The maximum atomic E-state index is 11.3. The van der Waals surface area contributed by atoms with E-state index in [2.05, 4.69) is 0 Å². The smallest absolute Gasteiger partial charge is 0.333 e. The van der Waals surface area contributed by atoms with Crippen LogP contribution in [-0.2, 0) is 16.0 Å². The second kappa shape index (κ2) is 6.57. The minimum Gasteiger partial charge on any atom is -0.508 e. The van der Waals surface area contributed by atoms with Crippen molar-refractivity contribution in [2.75, 3.05) is 0 Å². The highest BCUT2D eigenvalue weighted by Crippen LogP contribution is 2.21. The molecule has 1 atom stereocenters. The summed E-state index contributed by atoms with van der Waals surface area (Å²) in [5.74, 6) is -0.845. The lowest BCUT2D eigenvalue weighted by Crippen LogP contribution is -2.36. The van der Waals surface area contributed by atoms with Gasteiger partial charge in [0.1, 0.15) is 5.75 Å². The number of carboxylic acid groups (broad SMARTS) is 1. The second-order valence-corrected chi connectivity index (χ2v) is 5.33. The van der Waals surface area contributed by atoms with Crippen molar-refractivity contribution in [2.24, 2.45) is 0 Å². The maximum Gasteiger partial charge on any atom is 0.333 e. The van der Waals surface area contributed by atoms with Crippen molar-refractivity contribution in [1.29, 1.82) is 0 Å². The van der Waals surface area contributed by atoms with Crippen molar-refractivity contribution >= 4 is 5.97 Å². The molecule has 0 aliphatic rings. The third-order valence-corrected chi connectivity index (χ3v) is 2.92. The first-order valence-corrected chi connectivity index (χ1v) is 6.52. The van der Waals surface area contributed by atoms with Gasteiger partial charge in [-0.2, -0.15) is 0 Å². The Balaban J connectivity index is 2.76. The minimum absolute atomic E-state index is 0.134. The molecule has 0 radical (unpaired) electrons. The molecular weight excluding hydrogens is 244 g/mol. The average molecular weight is 266 g/mol. The SMILES string of the molecule is CCCC(C)(C)O[C@@H](Cc1cccc(O)c1)C(=O)O. The zero-order valence-electron chi connectivity index (χ0n) is 11.7. The Bertz CT molecular complexity index is 426. The van der Waals surface area contributed by atoms with Gasteiger partial charge < -0.3 is 14.9 Å². The van der Waals surface area contributed by atoms with Crippen molar-refractivity contribution in [3.8, 4) is 5.75 Å². The number of phenolic OH excluding ortho intramolecular Hbond substituents is 1. The minimum atomic E-state index is -0.979. The molecule has 106 valence electrons. The first-order valence-electron chi connectivity index (χ1n) is 6.52. The van der Waals surface area contributed by atoms with E-state index in [-0.39, 0.29) is 12.2 Å². The number of benzene rings is 1. The average Bonchev–Trinajstić information content (AvgIpc) is 2.27. The van der Waals surface area contributed by atoms with Crippen LogP contribution in [0.2, 0.25) is 0 Å². The summed E-state index contributed by atoms with van der Waals surface area (Å²) in [4.78, 5) is 11.3. The van der Waals surface area contributed by atoms with Crippen LogP contribution in [0.25, 0.3) is 0 Å². The van der Waals surface area contributed by atoms with E-state index < -0.39 is 17.7 Å². The fourth-order valence-corrected chi connectivity index (χ4v) is 2.12. The summed E-state index contributed by atoms with van der Waals surface area (Å²) in [6.45, 7) is 5.83. The Morgan fingerprint density at radius 2 is 2.11 bits per heavy atom. The molecule has 19 heavy (non-hydrogen) atoms. The number of hydrogen-bond donors (Lipinski definition) is 2. The van der Waals surface area contributed by atoms with E-state index in [1.54, 1.807) is 24.3 Å². The largest absolute Gasteiger partial charge is 0.508 e. The number of hydrogen-bond acceptors (Lipinski definition) is 3. The topological polar surface area (TPSA) is 66.8 Å². The van der Waals surface area contributed by atoms with E-state index in [0.29, 0.717) is 0 Å². The van der Waals surface area contributed by atoms with Gasteiger partial charge in [0, 0.05) is 6.42 Å². The summed E-state index contributed by atoms with van der Waals surface area (Å²) < 4.78 is 5.70. The van der Waals surface area contributed by atoms with Crippen molar-refractivity contribution in [3.05, 3.63) is 29.8 Å². The highest BCUT2D eigenvalue weighted by atomic mass is 16.5. The summed E-state index contributed by atoms with van der Waals surface area (Å²) in [6, 6.07) is 6.60. The van der Waals surface area contributed by atoms with Gasteiger partial charge in [0.05, 0.1) is 5.60 Å². The molecule has 0 saturated carbocycles. The zero-order chi connectivity index (χ0) is 14.5. The first-order chi connectivity index (χ1) is 8.84. The molecule has 0 amide bonds. The molecule has 2 N–H and O–H groups in total. The molecule has 0 heterocycles. The van der Waals surface area contributed by atoms with E-state index in [0.717, 1.165) is 18.4 Å². The molecule has 0 fully saturated rings. The number of aromatic hydroxyl groups is 1. The van der Waals surface area contributed by atoms with Crippen molar-refractivity contribution < 1.29 is 19.7 Å². The van der Waals surface area contributed by atoms with Gasteiger partial charge in [-0.05, 0) is 38.0 Å². The Morgan fingerprint density at radius 3 is 2.63 bits per heavy atom. The fourth-order valence-electron chi connectivity index (χ4n) is 2.12. The van der Waals surface area contributed by atoms with E-state index >= 15 is 0 Å². The van der Waals surface area contributed by atoms with Gasteiger partial charge >= 0.3 is 5.97 Å². The van der Waals surface area contributed by atoms with E-state index in [4.69, 9.17) is 4.74 Å². The Morgan fingerprint density at radius 1 is 1.42 bits per heavy atom. The highest BCUT2D eigenvalue weighted by molar-refractivity contribution is 5.72. The number of phenols is 1. The Hall–Kier alpha value is -1.55. The number of carboxylic acids is 1. The molecule has 0 aliphatic carbocycles. The lowest BCUT2D eigenvalue weighted by Gasteiger charge is -2.28. The molecule has 0 bridgehead atoms. The molecular formula is C15H22O4. The van der Waals surface area contributed by atoms with Crippen LogP contribution in [0.5, 0.6) is 5.75 Å². The Kier molecular flexibility index (Phi) is 5.36. The normalized spacial score (nSPS) is 13.2. The van der Waals surface area contributed by atoms with Crippen LogP contribution < -0.4 is 0 Å². The molecule has 0 aromatic heterocycles. The lowest BCUT2D eigenvalue weighted by atomic mass is 10.0. The van der Waals surface area contributed by atoms with Crippen molar-refractivity contribution in [2.45, 2.75) is 51.7 Å². The van der Waals surface area contributed by atoms with Crippen LogP contribution in [0.15, 0.2) is 24.3 Å². The number of ether oxygens (including phenoxy) is 1. The van der Waals surface area contributed by atoms with Gasteiger partial charge in [-0.3, -0.25) is 0 Å². The lowest BCUT2D eigenvalue weighted by molar-refractivity contribution is -0.161. The molecule has 1 aromatic rings. The summed E-state index contributed by atoms with van der Waals surface area (Å²) in [5, 5.41) is 18.6. The van der Waals surface area contributed by atoms with Crippen molar-refractivity contribution in [3.63, 3.8) is 0 Å². The van der Waals surface area contributed by atoms with Gasteiger partial charge in [0.2, 0.25) is 0 Å². The third-order valence-electron chi connectivity index (χ3n) is 2.92. The van der Waals surface area contributed by atoms with Gasteiger partial charge in [0.25, 0.3) is 0 Å². The summed E-state index contributed by atoms with van der Waals surface area (Å²) in [5.41, 5.74) is 0.286. The van der Waals surface area contributed by atoms with Crippen molar-refractivity contribution in [1.82, 2.24) is 0 Å². The summed E-state index contributed by atoms with van der Waals surface area (Å²) in [6.07, 6.45) is 1.09. The fraction of sp³-hybridized carbons (Fsp3) is 0.533. The highest BCUT2D eigenvalue weighted by Gasteiger charge is 2.27. The molecule has 1 rings (SSSR count). The quantitative estimate of drug-likeness (QED) is 0.796. The summed E-state index contributed by atoms with van der Waals surface area (Å²) >= 11 is 0. The van der Waals surface area contributed by atoms with Gasteiger partial charge in [-0.25, -0.2) is 4.79 Å². The van der Waals surface area contributed by atoms with Gasteiger partial charge in [-0.15, -0.1) is 0 Å². The maximum absolute atomic E-state index is 11.3. The number of rotatable bonds is 7. The zero-order valence-corrected chi connectivity index (χ0v) is 11.7. The predicted octanol–water partition coefficient (Wildman–Crippen LogP) is 2.98. The molecule has 4 nitrogen and oxygen atoms in total. The summed E-state index contributed by atoms with van der Waals surface area (Å²) in [7, 11) is 0. The molecule has 0 aliphatic heterocycles. The molecule has 0 saturated heterocycles. The molecule has 0 spiro atoms. The number of carbonyl (C=O) groups is 1. The van der Waals surface area contributed by atoms with Gasteiger partial charge in [0.15, 0.2) is 6.10 Å². The standard InChI is InChI=1S/C15H22O4/c1-4-8-15(2,3)19-13(14(17)18)10-11-6-5-7-12(16)9-11/h5-7,9,13,16H,4,8,10H2,1-3H3,(H,17,18)/t13-/m0/s1. The third kappa shape index (κ3) is 5.30. The van der Waals surface area contributed by atoms with E-state index in [9.17, 15) is 15.0 Å². The van der Waals surface area contributed by atoms with Crippen LogP contribution in [-0.4, -0.2) is 27.9 Å². The van der Waals surface area contributed by atoms with Crippen LogP contribution >= 0.6 is 0 Å². The van der Waals surface area contributed by atoms with Crippen LogP contribution in [0, 0.1) is 0 Å². The first kappa shape index (κ1) is 15.5. The van der Waals surface area contributed by atoms with Crippen LogP contribution in [0.4, 0.5) is 0 Å². The molecule has 4 heteroatoms. The van der Waals surface area contributed by atoms with Crippen LogP contribution in [0.3, 0.4) is 0 Å². The molecule has 1 aromatic carbocycles. The predicted molar refractivity (Wildman–Crippen MR) is 73.3 cm³/mol. The van der Waals surface area contributed by atoms with E-state index in [1.165, 1.54) is 0 Å². The van der Waals surface area contributed by atoms with Crippen LogP contribution in [0.1, 0.15) is 39.2 Å². The monoisotopic (exact) mass is 266 g/mol. The van der Waals surface area contributed by atoms with E-state index in [1.807, 2.05) is 20.8 Å². The molecule has 0 unspecified atom stereocenters. The Labute approximate surface area is 114 Å².